The Morgan fingerprint density at radius 1 is 1.04 bits per heavy atom. The molecule has 1 aromatic carbocycles. The van der Waals surface area contributed by atoms with E-state index in [1.54, 1.807) is 0 Å². The van der Waals surface area contributed by atoms with Gasteiger partial charge >= 0.3 is 0 Å². The number of rotatable bonds is 3. The number of aryl methyl sites for hydroxylation is 2. The molecule has 1 aliphatic heterocycles. The normalized spacial score (nSPS) is 36.2. The molecule has 2 saturated carbocycles. The number of hydrogen-bond acceptors (Lipinski definition) is 3. The highest BCUT2D eigenvalue weighted by atomic mass is 16.2. The fourth-order valence-corrected chi connectivity index (χ4v) is 5.34. The van der Waals surface area contributed by atoms with Crippen molar-refractivity contribution in [1.82, 2.24) is 4.90 Å². The zero-order valence-corrected chi connectivity index (χ0v) is 14.9. The van der Waals surface area contributed by atoms with Crippen molar-refractivity contribution in [2.75, 3.05) is 11.9 Å². The number of imide groups is 1. The Hall–Kier alpha value is -2.43. The number of hydrogen-bond donors (Lipinski definition) is 1. The zero-order chi connectivity index (χ0) is 18.2. The minimum atomic E-state index is -0.320. The second-order valence-electron chi connectivity index (χ2n) is 8.26. The van der Waals surface area contributed by atoms with Crippen LogP contribution in [0.3, 0.4) is 0 Å². The third kappa shape index (κ3) is 2.12. The smallest absolute Gasteiger partial charge is 0.244 e. The van der Waals surface area contributed by atoms with Crippen LogP contribution in [0, 0.1) is 49.4 Å². The molecule has 0 radical (unpaired) electrons. The molecule has 4 aliphatic carbocycles. The number of amides is 3. The van der Waals surface area contributed by atoms with Crippen LogP contribution >= 0.6 is 0 Å². The maximum atomic E-state index is 12.9. The molecule has 0 unspecified atom stereocenters. The molecule has 3 fully saturated rings. The highest BCUT2D eigenvalue weighted by Crippen LogP contribution is 2.65. The van der Waals surface area contributed by atoms with Gasteiger partial charge in [-0.3, -0.25) is 19.3 Å². The summed E-state index contributed by atoms with van der Waals surface area (Å²) >= 11 is 0. The molecule has 134 valence electrons. The Kier molecular flexibility index (Phi) is 3.21. The highest BCUT2D eigenvalue weighted by molar-refractivity contribution is 6.09. The molecule has 5 heteroatoms. The molecule has 1 heterocycles. The maximum Gasteiger partial charge on any atom is 0.244 e. The number of allylic oxidation sites excluding steroid dienone is 2. The van der Waals surface area contributed by atoms with Crippen LogP contribution in [0.5, 0.6) is 0 Å². The van der Waals surface area contributed by atoms with E-state index in [0.717, 1.165) is 17.5 Å². The monoisotopic (exact) mass is 350 g/mol. The molecule has 5 aliphatic rings. The molecule has 0 aromatic heterocycles. The third-order valence-electron chi connectivity index (χ3n) is 6.85. The summed E-state index contributed by atoms with van der Waals surface area (Å²) in [5.41, 5.74) is 2.93. The first kappa shape index (κ1) is 15.8. The molecule has 5 nitrogen and oxygen atoms in total. The lowest BCUT2D eigenvalue weighted by molar-refractivity contribution is -0.142. The van der Waals surface area contributed by atoms with Crippen molar-refractivity contribution in [2.45, 2.75) is 20.3 Å². The summed E-state index contributed by atoms with van der Waals surface area (Å²) in [7, 11) is 0. The van der Waals surface area contributed by atoms with Crippen LogP contribution in [-0.4, -0.2) is 29.2 Å². The molecule has 1 N–H and O–H groups in total. The lowest BCUT2D eigenvalue weighted by atomic mass is 9.63. The first-order chi connectivity index (χ1) is 12.5. The molecule has 26 heavy (non-hydrogen) atoms. The van der Waals surface area contributed by atoms with E-state index >= 15 is 0 Å². The van der Waals surface area contributed by atoms with Crippen LogP contribution in [0.4, 0.5) is 5.69 Å². The third-order valence-corrected chi connectivity index (χ3v) is 6.85. The number of carbonyl (C=O) groups excluding carboxylic acids is 3. The SMILES string of the molecule is Cc1ccc(NC(=O)CN2C(=O)[C@@H]3[C@H]4C=C[C@@H]([C@@H]5C[C@H]45)[C@@H]3C2=O)cc1C. The van der Waals surface area contributed by atoms with Gasteiger partial charge in [-0.1, -0.05) is 18.2 Å². The van der Waals surface area contributed by atoms with Gasteiger partial charge in [0, 0.05) is 5.69 Å². The molecular weight excluding hydrogens is 328 g/mol. The van der Waals surface area contributed by atoms with Crippen LogP contribution < -0.4 is 5.32 Å². The Morgan fingerprint density at radius 3 is 2.23 bits per heavy atom. The van der Waals surface area contributed by atoms with Crippen LogP contribution in [-0.2, 0) is 14.4 Å². The van der Waals surface area contributed by atoms with Crippen molar-refractivity contribution in [1.29, 1.82) is 0 Å². The van der Waals surface area contributed by atoms with Gasteiger partial charge in [-0.05, 0) is 67.2 Å². The van der Waals surface area contributed by atoms with Gasteiger partial charge in [-0.15, -0.1) is 0 Å². The molecule has 3 amide bonds. The lowest BCUT2D eigenvalue weighted by Crippen LogP contribution is -2.40. The van der Waals surface area contributed by atoms with Gasteiger partial charge < -0.3 is 5.32 Å². The quantitative estimate of drug-likeness (QED) is 0.672. The summed E-state index contributed by atoms with van der Waals surface area (Å²) in [6.45, 7) is 3.81. The highest BCUT2D eigenvalue weighted by Gasteiger charge is 2.67. The summed E-state index contributed by atoms with van der Waals surface area (Å²) in [6.07, 6.45) is 5.43. The van der Waals surface area contributed by atoms with E-state index in [1.807, 2.05) is 32.0 Å². The Morgan fingerprint density at radius 2 is 1.65 bits per heavy atom. The zero-order valence-electron chi connectivity index (χ0n) is 14.9. The van der Waals surface area contributed by atoms with E-state index in [4.69, 9.17) is 0 Å². The van der Waals surface area contributed by atoms with Crippen molar-refractivity contribution >= 4 is 23.4 Å². The molecule has 0 spiro atoms. The lowest BCUT2D eigenvalue weighted by Gasteiger charge is -2.37. The standard InChI is InChI=1S/C21H22N2O3/c1-10-3-4-12(7-11(10)2)22-17(24)9-23-20(25)18-13-5-6-14(16-8-15(13)16)19(18)21(23)26/h3-7,13-16,18-19H,8-9H2,1-2H3,(H,22,24)/t13-,14-,15-,16+,18-,19+/m0/s1. The first-order valence-electron chi connectivity index (χ1n) is 9.36. The summed E-state index contributed by atoms with van der Waals surface area (Å²) in [6, 6.07) is 5.69. The van der Waals surface area contributed by atoms with Gasteiger partial charge in [0.1, 0.15) is 6.54 Å². The largest absolute Gasteiger partial charge is 0.325 e. The van der Waals surface area contributed by atoms with Crippen molar-refractivity contribution < 1.29 is 14.4 Å². The van der Waals surface area contributed by atoms with Crippen LogP contribution in [0.2, 0.25) is 0 Å². The predicted molar refractivity (Wildman–Crippen MR) is 96.0 cm³/mol. The van der Waals surface area contributed by atoms with Crippen LogP contribution in [0.15, 0.2) is 30.4 Å². The number of nitrogens with one attached hydrogen (secondary N) is 1. The van der Waals surface area contributed by atoms with Crippen LogP contribution in [0.1, 0.15) is 17.5 Å². The Balaban J connectivity index is 1.32. The molecule has 6 atom stereocenters. The van der Waals surface area contributed by atoms with Gasteiger partial charge in [-0.2, -0.15) is 0 Å². The van der Waals surface area contributed by atoms with E-state index in [1.165, 1.54) is 4.90 Å². The topological polar surface area (TPSA) is 66.5 Å². The minimum absolute atomic E-state index is 0.153. The van der Waals surface area contributed by atoms with E-state index in [9.17, 15) is 14.4 Å². The van der Waals surface area contributed by atoms with Gasteiger partial charge in [0.2, 0.25) is 17.7 Å². The average Bonchev–Trinajstić information content (AvgIpc) is 3.39. The summed E-state index contributed by atoms with van der Waals surface area (Å²) in [5, 5.41) is 2.81. The summed E-state index contributed by atoms with van der Waals surface area (Å²) in [5.74, 6) is 0.434. The minimum Gasteiger partial charge on any atom is -0.325 e. The van der Waals surface area contributed by atoms with Gasteiger partial charge in [0.05, 0.1) is 11.8 Å². The van der Waals surface area contributed by atoms with Crippen molar-refractivity contribution in [3.05, 3.63) is 41.5 Å². The number of nitrogens with zero attached hydrogens (tertiary/aromatic N) is 1. The average molecular weight is 350 g/mol. The van der Waals surface area contributed by atoms with E-state index < -0.39 is 0 Å². The van der Waals surface area contributed by atoms with Crippen molar-refractivity contribution in [3.63, 3.8) is 0 Å². The molecular formula is C21H22N2O3. The van der Waals surface area contributed by atoms with Crippen molar-refractivity contribution in [3.8, 4) is 0 Å². The fraction of sp³-hybridized carbons (Fsp3) is 0.476. The second-order valence-corrected chi connectivity index (χ2v) is 8.26. The Bertz CT molecular complexity index is 838. The number of anilines is 1. The van der Waals surface area contributed by atoms with Crippen LogP contribution in [0.25, 0.3) is 0 Å². The summed E-state index contributed by atoms with van der Waals surface area (Å²) in [4.78, 5) is 39.4. The molecule has 6 rings (SSSR count). The molecule has 2 bridgehead atoms. The first-order valence-corrected chi connectivity index (χ1v) is 9.36. The van der Waals surface area contributed by atoms with E-state index in [-0.39, 0.29) is 47.9 Å². The number of likely N-dealkylation sites (tertiary alicyclic amines) is 1. The number of carbonyl (C=O) groups is 3. The fourth-order valence-electron chi connectivity index (χ4n) is 5.34. The van der Waals surface area contributed by atoms with Crippen molar-refractivity contribution in [2.24, 2.45) is 35.5 Å². The van der Waals surface area contributed by atoms with Gasteiger partial charge in [-0.25, -0.2) is 0 Å². The molecule has 1 saturated heterocycles. The molecule has 1 aromatic rings. The summed E-state index contributed by atoms with van der Waals surface area (Å²) < 4.78 is 0. The second kappa shape index (κ2) is 5.29. The van der Waals surface area contributed by atoms with E-state index in [0.29, 0.717) is 17.5 Å². The predicted octanol–water partition coefficient (Wildman–Crippen LogP) is 2.30. The van der Waals surface area contributed by atoms with Gasteiger partial charge in [0.15, 0.2) is 0 Å². The maximum absolute atomic E-state index is 12.9. The number of benzene rings is 1. The Labute approximate surface area is 152 Å². The van der Waals surface area contributed by atoms with Gasteiger partial charge in [0.25, 0.3) is 0 Å². The van der Waals surface area contributed by atoms with E-state index in [2.05, 4.69) is 17.5 Å².